The number of rotatable bonds is 7. The number of likely N-dealkylation sites (tertiary alicyclic amines) is 2. The fourth-order valence-corrected chi connectivity index (χ4v) is 4.50. The summed E-state index contributed by atoms with van der Waals surface area (Å²) in [5, 5.41) is 5.32. The number of halogens is 3. The van der Waals surface area contributed by atoms with Crippen molar-refractivity contribution in [3.8, 4) is 0 Å². The van der Waals surface area contributed by atoms with E-state index in [2.05, 4.69) is 37.3 Å². The Morgan fingerprint density at radius 3 is 2.36 bits per heavy atom. The molecule has 4 heterocycles. The highest BCUT2D eigenvalue weighted by molar-refractivity contribution is 5.94. The van der Waals surface area contributed by atoms with Crippen LogP contribution < -0.4 is 10.6 Å². The van der Waals surface area contributed by atoms with Gasteiger partial charge in [-0.2, -0.15) is 13.2 Å². The summed E-state index contributed by atoms with van der Waals surface area (Å²) in [4.78, 5) is 26.2. The number of pyridine rings is 2. The lowest BCUT2D eigenvalue weighted by Gasteiger charge is -2.33. The van der Waals surface area contributed by atoms with E-state index < -0.39 is 12.7 Å². The molecule has 0 aromatic carbocycles. The van der Waals surface area contributed by atoms with Gasteiger partial charge >= 0.3 is 6.18 Å². The Morgan fingerprint density at radius 2 is 1.67 bits per heavy atom. The molecule has 33 heavy (non-hydrogen) atoms. The molecule has 0 saturated carbocycles. The quantitative estimate of drug-likeness (QED) is 0.656. The third kappa shape index (κ3) is 6.77. The largest absolute Gasteiger partial charge is 0.405 e. The zero-order valence-corrected chi connectivity index (χ0v) is 18.9. The summed E-state index contributed by atoms with van der Waals surface area (Å²) < 4.78 is 37.1. The molecule has 0 radical (unpaired) electrons. The monoisotopic (exact) mass is 464 g/mol. The third-order valence-electron chi connectivity index (χ3n) is 6.41. The first-order valence-corrected chi connectivity index (χ1v) is 11.6. The van der Waals surface area contributed by atoms with E-state index in [1.807, 2.05) is 0 Å². The van der Waals surface area contributed by atoms with Gasteiger partial charge in [-0.15, -0.1) is 0 Å². The number of aromatic nitrogens is 2. The van der Waals surface area contributed by atoms with Crippen molar-refractivity contribution in [2.75, 3.05) is 51.1 Å². The number of alkyl halides is 3. The number of piperidine rings is 1. The molecule has 0 spiro atoms. The average Bonchev–Trinajstić information content (AvgIpc) is 3.21. The van der Waals surface area contributed by atoms with Crippen LogP contribution in [-0.2, 0) is 0 Å². The van der Waals surface area contributed by atoms with E-state index in [1.54, 1.807) is 18.2 Å². The van der Waals surface area contributed by atoms with Gasteiger partial charge in [0.2, 0.25) is 0 Å². The van der Waals surface area contributed by atoms with Gasteiger partial charge in [-0.1, -0.05) is 6.92 Å². The van der Waals surface area contributed by atoms with E-state index in [0.717, 1.165) is 44.9 Å². The normalized spacial score (nSPS) is 20.9. The minimum atomic E-state index is -4.32. The van der Waals surface area contributed by atoms with E-state index in [1.165, 1.54) is 25.6 Å². The van der Waals surface area contributed by atoms with Gasteiger partial charge in [-0.3, -0.25) is 4.79 Å². The predicted molar refractivity (Wildman–Crippen MR) is 121 cm³/mol. The van der Waals surface area contributed by atoms with Crippen molar-refractivity contribution in [1.29, 1.82) is 0 Å². The molecule has 1 amide bonds. The van der Waals surface area contributed by atoms with Gasteiger partial charge in [0.05, 0.1) is 11.0 Å². The van der Waals surface area contributed by atoms with Crippen molar-refractivity contribution in [1.82, 2.24) is 25.1 Å². The fourth-order valence-electron chi connectivity index (χ4n) is 4.50. The fraction of sp³-hybridized carbons (Fsp3) is 0.609. The van der Waals surface area contributed by atoms with Gasteiger partial charge in [0.1, 0.15) is 18.1 Å². The maximum atomic E-state index is 12.7. The summed E-state index contributed by atoms with van der Waals surface area (Å²) in [6.07, 6.45) is -1.21. The maximum Gasteiger partial charge on any atom is 0.405 e. The number of nitrogens with one attached hydrogen (secondary N) is 2. The van der Waals surface area contributed by atoms with Crippen LogP contribution in [0.5, 0.6) is 0 Å². The zero-order valence-electron chi connectivity index (χ0n) is 18.9. The molecule has 4 rings (SSSR count). The molecule has 2 saturated heterocycles. The van der Waals surface area contributed by atoms with Crippen LogP contribution in [0.15, 0.2) is 24.3 Å². The number of carbonyl (C=O) groups is 1. The van der Waals surface area contributed by atoms with Crippen LogP contribution in [0.3, 0.4) is 0 Å². The smallest absolute Gasteiger partial charge is 0.361 e. The minimum Gasteiger partial charge on any atom is -0.361 e. The SMILES string of the molecule is CC1CCN(CCN2CCC(NC(=O)c3ccc4nc(NCC(F)(F)F)ccc4n3)CC2)C1. The molecule has 0 aliphatic carbocycles. The summed E-state index contributed by atoms with van der Waals surface area (Å²) in [6.45, 7) is 7.68. The Balaban J connectivity index is 1.25. The molecular formula is C23H31F3N6O. The minimum absolute atomic E-state index is 0.116. The maximum absolute atomic E-state index is 12.7. The second-order valence-electron chi connectivity index (χ2n) is 9.18. The van der Waals surface area contributed by atoms with Crippen LogP contribution in [0.25, 0.3) is 11.0 Å². The van der Waals surface area contributed by atoms with Crippen molar-refractivity contribution >= 4 is 22.8 Å². The van der Waals surface area contributed by atoms with E-state index >= 15 is 0 Å². The molecule has 2 N–H and O–H groups in total. The van der Waals surface area contributed by atoms with Gasteiger partial charge in [0.25, 0.3) is 5.91 Å². The Bertz CT molecular complexity index is 961. The Labute approximate surface area is 191 Å². The Kier molecular flexibility index (Phi) is 7.33. The molecule has 2 aliphatic heterocycles. The van der Waals surface area contributed by atoms with Crippen molar-refractivity contribution < 1.29 is 18.0 Å². The molecule has 180 valence electrons. The molecule has 1 unspecified atom stereocenters. The van der Waals surface area contributed by atoms with Crippen molar-refractivity contribution in [3.05, 3.63) is 30.0 Å². The number of hydrogen-bond acceptors (Lipinski definition) is 6. The lowest BCUT2D eigenvalue weighted by atomic mass is 10.0. The number of carbonyl (C=O) groups excluding carboxylic acids is 1. The molecule has 2 aromatic rings. The zero-order chi connectivity index (χ0) is 23.4. The van der Waals surface area contributed by atoms with E-state index in [4.69, 9.17) is 0 Å². The van der Waals surface area contributed by atoms with Gasteiger partial charge in [-0.05, 0) is 56.0 Å². The van der Waals surface area contributed by atoms with Crippen molar-refractivity contribution in [2.24, 2.45) is 5.92 Å². The van der Waals surface area contributed by atoms with Gasteiger partial charge < -0.3 is 20.4 Å². The van der Waals surface area contributed by atoms with Crippen LogP contribution in [0, 0.1) is 5.92 Å². The second-order valence-corrected chi connectivity index (χ2v) is 9.18. The molecule has 2 fully saturated rings. The number of anilines is 1. The van der Waals surface area contributed by atoms with E-state index in [-0.39, 0.29) is 23.5 Å². The van der Waals surface area contributed by atoms with Crippen LogP contribution in [0.1, 0.15) is 36.7 Å². The van der Waals surface area contributed by atoms with Crippen LogP contribution in [0.2, 0.25) is 0 Å². The van der Waals surface area contributed by atoms with Crippen LogP contribution in [-0.4, -0.2) is 83.7 Å². The number of hydrogen-bond donors (Lipinski definition) is 2. The van der Waals surface area contributed by atoms with Crippen LogP contribution in [0.4, 0.5) is 19.0 Å². The van der Waals surface area contributed by atoms with Crippen LogP contribution >= 0.6 is 0 Å². The lowest BCUT2D eigenvalue weighted by molar-refractivity contribution is -0.115. The molecule has 2 aliphatic rings. The molecule has 0 bridgehead atoms. The third-order valence-corrected chi connectivity index (χ3v) is 6.41. The summed E-state index contributed by atoms with van der Waals surface area (Å²) >= 11 is 0. The van der Waals surface area contributed by atoms with E-state index in [9.17, 15) is 18.0 Å². The summed E-state index contributed by atoms with van der Waals surface area (Å²) in [7, 11) is 0. The summed E-state index contributed by atoms with van der Waals surface area (Å²) in [5.41, 5.74) is 1.18. The Morgan fingerprint density at radius 1 is 1.00 bits per heavy atom. The topological polar surface area (TPSA) is 73.4 Å². The molecule has 7 nitrogen and oxygen atoms in total. The van der Waals surface area contributed by atoms with E-state index in [0.29, 0.717) is 11.0 Å². The number of fused-ring (bicyclic) bond motifs is 1. The average molecular weight is 465 g/mol. The summed E-state index contributed by atoms with van der Waals surface area (Å²) in [5.74, 6) is 0.684. The highest BCUT2D eigenvalue weighted by Gasteiger charge is 2.27. The molecule has 1 atom stereocenters. The molecule has 10 heteroatoms. The summed E-state index contributed by atoms with van der Waals surface area (Å²) in [6, 6.07) is 6.28. The molecular weight excluding hydrogens is 433 g/mol. The predicted octanol–water partition coefficient (Wildman–Crippen LogP) is 3.14. The van der Waals surface area contributed by atoms with Crippen molar-refractivity contribution in [2.45, 2.75) is 38.4 Å². The highest BCUT2D eigenvalue weighted by Crippen LogP contribution is 2.19. The Hall–Kier alpha value is -2.46. The number of nitrogens with zero attached hydrogens (tertiary/aromatic N) is 4. The lowest BCUT2D eigenvalue weighted by Crippen LogP contribution is -2.46. The van der Waals surface area contributed by atoms with Crippen molar-refractivity contribution in [3.63, 3.8) is 0 Å². The highest BCUT2D eigenvalue weighted by atomic mass is 19.4. The first kappa shape index (κ1) is 23.7. The van der Waals surface area contributed by atoms with Gasteiger partial charge in [-0.25, -0.2) is 9.97 Å². The first-order chi connectivity index (χ1) is 15.7. The number of amides is 1. The molecule has 2 aromatic heterocycles. The second kappa shape index (κ2) is 10.2. The van der Waals surface area contributed by atoms with Gasteiger partial charge in [0, 0.05) is 38.8 Å². The standard InChI is InChI=1S/C23H31F3N6O/c1-16-6-9-32(14-16)13-12-31-10-7-17(8-11-31)28-22(33)20-3-2-19-18(29-20)4-5-21(30-19)27-15-23(24,25)26/h2-5,16-17H,6-15H2,1H3,(H,27,30)(H,28,33). The van der Waals surface area contributed by atoms with Gasteiger partial charge in [0.15, 0.2) is 0 Å². The first-order valence-electron chi connectivity index (χ1n) is 11.6.